The molecule has 1 aromatic heterocycles. The fourth-order valence-corrected chi connectivity index (χ4v) is 6.63. The zero-order valence-corrected chi connectivity index (χ0v) is 26.5. The van der Waals surface area contributed by atoms with Crippen LogP contribution in [0.25, 0.3) is 6.08 Å². The molecule has 2 aliphatic rings. The molecule has 3 heterocycles. The number of thiazole rings is 1. The van der Waals surface area contributed by atoms with Gasteiger partial charge < -0.3 is 18.9 Å². The van der Waals surface area contributed by atoms with Gasteiger partial charge in [0.2, 0.25) is 6.79 Å². The molecule has 3 aromatic carbocycles. The van der Waals surface area contributed by atoms with Crippen molar-refractivity contribution < 1.29 is 23.7 Å². The first kappa shape index (κ1) is 28.4. The molecule has 0 unspecified atom stereocenters. The summed E-state index contributed by atoms with van der Waals surface area (Å²) in [6.45, 7) is 4.24. The highest BCUT2D eigenvalue weighted by Crippen LogP contribution is 2.38. The normalized spacial score (nSPS) is 15.8. The largest absolute Gasteiger partial charge is 0.488 e. The maximum atomic E-state index is 13.9. The minimum atomic E-state index is -0.738. The van der Waals surface area contributed by atoms with Gasteiger partial charge in [0, 0.05) is 4.47 Å². The Labute approximate surface area is 261 Å². The highest BCUT2D eigenvalue weighted by Gasteiger charge is 2.34. The Balaban J connectivity index is 1.37. The second kappa shape index (κ2) is 11.9. The molecule has 0 aliphatic carbocycles. The van der Waals surface area contributed by atoms with Gasteiger partial charge in [-0.25, -0.2) is 9.79 Å². The molecular formula is C31H24Br2N2O6S. The van der Waals surface area contributed by atoms with Gasteiger partial charge in [-0.15, -0.1) is 0 Å². The van der Waals surface area contributed by atoms with E-state index < -0.39 is 12.0 Å². The van der Waals surface area contributed by atoms with E-state index >= 15 is 0 Å². The Morgan fingerprint density at radius 1 is 1.10 bits per heavy atom. The van der Waals surface area contributed by atoms with E-state index in [4.69, 9.17) is 18.9 Å². The van der Waals surface area contributed by atoms with Crippen LogP contribution >= 0.6 is 43.2 Å². The van der Waals surface area contributed by atoms with E-state index in [1.807, 2.05) is 54.6 Å². The number of rotatable bonds is 7. The first-order chi connectivity index (χ1) is 20.3. The predicted molar refractivity (Wildman–Crippen MR) is 166 cm³/mol. The van der Waals surface area contributed by atoms with Crippen molar-refractivity contribution in [2.75, 3.05) is 13.4 Å². The topological polar surface area (TPSA) is 88.4 Å². The minimum Gasteiger partial charge on any atom is -0.488 e. The molecule has 0 amide bonds. The Morgan fingerprint density at radius 3 is 2.64 bits per heavy atom. The maximum Gasteiger partial charge on any atom is 0.338 e. The number of carbonyl (C=O) groups excluding carboxylic acids is 1. The standard InChI is InChI=1S/C31H24Br2N2O6S/c1-3-38-30(37)27-17(2)34-31-35(28(27)20-7-11-24-25(14-20)41-16-40-24)29(36)26(42-31)13-19-6-10-23(22(33)12-19)39-15-18-4-8-21(32)9-5-18/h4-14,28H,3,15-16H2,1-2H3/b26-13-/t28-/m1/s1. The molecule has 0 radical (unpaired) electrons. The highest BCUT2D eigenvalue weighted by atomic mass is 79.9. The Hall–Kier alpha value is -3.67. The van der Waals surface area contributed by atoms with Gasteiger partial charge in [-0.05, 0) is 88.9 Å². The number of allylic oxidation sites excluding steroid dienone is 1. The Kier molecular flexibility index (Phi) is 8.06. The van der Waals surface area contributed by atoms with Gasteiger partial charge in [0.05, 0.1) is 32.9 Å². The molecule has 0 spiro atoms. The lowest BCUT2D eigenvalue weighted by molar-refractivity contribution is -0.139. The molecule has 214 valence electrons. The van der Waals surface area contributed by atoms with Crippen LogP contribution in [-0.2, 0) is 16.1 Å². The molecule has 11 heteroatoms. The molecular weight excluding hydrogens is 688 g/mol. The number of fused-ring (bicyclic) bond motifs is 2. The first-order valence-electron chi connectivity index (χ1n) is 13.1. The summed E-state index contributed by atoms with van der Waals surface area (Å²) >= 11 is 8.31. The molecule has 8 nitrogen and oxygen atoms in total. The first-order valence-corrected chi connectivity index (χ1v) is 15.5. The van der Waals surface area contributed by atoms with Crippen molar-refractivity contribution in [3.05, 3.63) is 117 Å². The van der Waals surface area contributed by atoms with Crippen molar-refractivity contribution in [2.24, 2.45) is 4.99 Å². The van der Waals surface area contributed by atoms with Crippen molar-refractivity contribution in [1.82, 2.24) is 4.57 Å². The van der Waals surface area contributed by atoms with Crippen LogP contribution in [0, 0.1) is 0 Å². The summed E-state index contributed by atoms with van der Waals surface area (Å²) in [5.41, 5.74) is 3.10. The Morgan fingerprint density at radius 2 is 1.88 bits per heavy atom. The summed E-state index contributed by atoms with van der Waals surface area (Å²) in [6.07, 6.45) is 1.81. The molecule has 0 saturated heterocycles. The summed E-state index contributed by atoms with van der Waals surface area (Å²) in [5, 5.41) is 0. The fourth-order valence-electron chi connectivity index (χ4n) is 4.81. The van der Waals surface area contributed by atoms with E-state index in [0.717, 1.165) is 20.1 Å². The van der Waals surface area contributed by atoms with Gasteiger partial charge in [0.1, 0.15) is 12.4 Å². The number of ether oxygens (including phenoxy) is 4. The molecule has 0 N–H and O–H groups in total. The van der Waals surface area contributed by atoms with E-state index in [-0.39, 0.29) is 19.0 Å². The average molecular weight is 712 g/mol. The smallest absolute Gasteiger partial charge is 0.338 e. The van der Waals surface area contributed by atoms with Crippen LogP contribution in [0.15, 0.2) is 90.7 Å². The van der Waals surface area contributed by atoms with Crippen molar-refractivity contribution in [2.45, 2.75) is 26.5 Å². The summed E-state index contributed by atoms with van der Waals surface area (Å²) in [4.78, 5) is 32.2. The van der Waals surface area contributed by atoms with Gasteiger partial charge in [0.25, 0.3) is 5.56 Å². The summed E-state index contributed by atoms with van der Waals surface area (Å²) in [6, 6.07) is 18.3. The molecule has 0 saturated carbocycles. The van der Waals surface area contributed by atoms with E-state index in [1.165, 1.54) is 11.3 Å². The van der Waals surface area contributed by atoms with E-state index in [2.05, 4.69) is 36.9 Å². The lowest BCUT2D eigenvalue weighted by atomic mass is 9.95. The molecule has 42 heavy (non-hydrogen) atoms. The van der Waals surface area contributed by atoms with Gasteiger partial charge in [-0.1, -0.05) is 51.5 Å². The SMILES string of the molecule is CCOC(=O)C1=C(C)N=c2s/c(=C\c3ccc(OCc4ccc(Br)cc4)c(Br)c3)c(=O)n2[C@@H]1c1ccc2c(c1)OCO2. The molecule has 1 atom stereocenters. The average Bonchev–Trinajstić information content (AvgIpc) is 3.56. The maximum absolute atomic E-state index is 13.9. The van der Waals surface area contributed by atoms with Crippen LogP contribution < -0.4 is 29.1 Å². The predicted octanol–water partition coefficient (Wildman–Crippen LogP) is 5.63. The van der Waals surface area contributed by atoms with Crippen molar-refractivity contribution in [3.8, 4) is 17.2 Å². The van der Waals surface area contributed by atoms with Crippen molar-refractivity contribution in [3.63, 3.8) is 0 Å². The number of esters is 1. The molecule has 0 fully saturated rings. The number of aromatic nitrogens is 1. The van der Waals surface area contributed by atoms with Gasteiger partial charge in [-0.3, -0.25) is 9.36 Å². The number of hydrogen-bond donors (Lipinski definition) is 0. The summed E-state index contributed by atoms with van der Waals surface area (Å²) in [5.74, 6) is 1.34. The third kappa shape index (κ3) is 5.56. The van der Waals surface area contributed by atoms with Crippen LogP contribution in [0.3, 0.4) is 0 Å². The number of carbonyl (C=O) groups is 1. The van der Waals surface area contributed by atoms with Crippen LogP contribution in [0.5, 0.6) is 17.2 Å². The quantitative estimate of drug-likeness (QED) is 0.231. The zero-order chi connectivity index (χ0) is 29.4. The number of halogens is 2. The third-order valence-corrected chi connectivity index (χ3v) is 8.92. The lowest BCUT2D eigenvalue weighted by Gasteiger charge is -2.24. The summed E-state index contributed by atoms with van der Waals surface area (Å²) < 4.78 is 26.2. The van der Waals surface area contributed by atoms with Crippen LogP contribution in [0.2, 0.25) is 0 Å². The van der Waals surface area contributed by atoms with Gasteiger partial charge in [-0.2, -0.15) is 0 Å². The van der Waals surface area contributed by atoms with Crippen molar-refractivity contribution >= 4 is 55.2 Å². The Bertz CT molecular complexity index is 1910. The number of benzene rings is 3. The lowest BCUT2D eigenvalue weighted by Crippen LogP contribution is -2.39. The monoisotopic (exact) mass is 710 g/mol. The highest BCUT2D eigenvalue weighted by molar-refractivity contribution is 9.10. The fraction of sp³-hybridized carbons (Fsp3) is 0.194. The van der Waals surface area contributed by atoms with Gasteiger partial charge in [0.15, 0.2) is 16.3 Å². The van der Waals surface area contributed by atoms with Gasteiger partial charge >= 0.3 is 5.97 Å². The molecule has 2 aliphatic heterocycles. The number of nitrogens with zero attached hydrogens (tertiary/aromatic N) is 2. The molecule has 6 rings (SSSR count). The molecule has 0 bridgehead atoms. The zero-order valence-electron chi connectivity index (χ0n) is 22.6. The second-order valence-corrected chi connectivity index (χ2v) is 12.3. The molecule has 4 aromatic rings. The van der Waals surface area contributed by atoms with Crippen molar-refractivity contribution in [1.29, 1.82) is 0 Å². The third-order valence-electron chi connectivity index (χ3n) is 6.79. The minimum absolute atomic E-state index is 0.116. The van der Waals surface area contributed by atoms with Crippen LogP contribution in [-0.4, -0.2) is 23.9 Å². The van der Waals surface area contributed by atoms with E-state index in [9.17, 15) is 9.59 Å². The summed E-state index contributed by atoms with van der Waals surface area (Å²) in [7, 11) is 0. The second-order valence-electron chi connectivity index (χ2n) is 9.52. The number of hydrogen-bond acceptors (Lipinski definition) is 8. The van der Waals surface area contributed by atoms with Crippen LogP contribution in [0.4, 0.5) is 0 Å². The van der Waals surface area contributed by atoms with Crippen LogP contribution in [0.1, 0.15) is 36.6 Å². The van der Waals surface area contributed by atoms with E-state index in [0.29, 0.717) is 50.0 Å². The van der Waals surface area contributed by atoms with E-state index in [1.54, 1.807) is 30.5 Å².